The van der Waals surface area contributed by atoms with Crippen molar-refractivity contribution in [2.45, 2.75) is 39.5 Å². The number of carbonyl (C=O) groups excluding carboxylic acids is 1. The highest BCUT2D eigenvalue weighted by molar-refractivity contribution is 7.36. The third-order valence-electron chi connectivity index (χ3n) is 3.19. The summed E-state index contributed by atoms with van der Waals surface area (Å²) >= 11 is 0. The molecule has 1 rings (SSSR count). The van der Waals surface area contributed by atoms with Gasteiger partial charge in [0, 0.05) is 14.9 Å². The summed E-state index contributed by atoms with van der Waals surface area (Å²) in [5.74, 6) is -1.73. The van der Waals surface area contributed by atoms with Crippen molar-refractivity contribution in [2.24, 2.45) is 0 Å². The lowest BCUT2D eigenvalue weighted by Gasteiger charge is -2.19. The third kappa shape index (κ3) is 6.06. The second kappa shape index (κ2) is 10.0. The Morgan fingerprint density at radius 1 is 1.32 bits per heavy atom. The molecule has 0 fully saturated rings. The lowest BCUT2D eigenvalue weighted by molar-refractivity contribution is -0.148. The van der Waals surface area contributed by atoms with E-state index in [1.54, 1.807) is 25.1 Å². The van der Waals surface area contributed by atoms with Crippen LogP contribution in [0.4, 0.5) is 0 Å². The lowest BCUT2D eigenvalue weighted by atomic mass is 10.2. The molecule has 0 saturated heterocycles. The van der Waals surface area contributed by atoms with Crippen LogP contribution in [0, 0.1) is 0 Å². The first-order chi connectivity index (χ1) is 11.8. The van der Waals surface area contributed by atoms with Crippen LogP contribution in [0.5, 0.6) is 5.75 Å². The predicted octanol–water partition coefficient (Wildman–Crippen LogP) is 1.45. The van der Waals surface area contributed by atoms with Crippen LogP contribution >= 0.6 is 8.18 Å². The molecule has 3 atom stereocenters. The third-order valence-corrected chi connectivity index (χ3v) is 4.35. The van der Waals surface area contributed by atoms with Gasteiger partial charge in [0.05, 0.1) is 13.2 Å². The van der Waals surface area contributed by atoms with Crippen molar-refractivity contribution in [3.05, 3.63) is 29.8 Å². The molecule has 3 N–H and O–H groups in total. The molecule has 0 spiro atoms. The monoisotopic (exact) mass is 373 g/mol. The Kier molecular flexibility index (Phi) is 8.44. The van der Waals surface area contributed by atoms with Crippen LogP contribution in [0.25, 0.3) is 0 Å². The van der Waals surface area contributed by atoms with E-state index in [0.29, 0.717) is 5.56 Å². The summed E-state index contributed by atoms with van der Waals surface area (Å²) in [6.07, 6.45) is 0. The van der Waals surface area contributed by atoms with Crippen LogP contribution < -0.4 is 9.95 Å². The molecular weight excluding hydrogens is 351 g/mol. The summed E-state index contributed by atoms with van der Waals surface area (Å²) in [6.45, 7) is 4.20. The van der Waals surface area contributed by atoms with Gasteiger partial charge < -0.3 is 14.9 Å². The maximum atomic E-state index is 12.5. The maximum absolute atomic E-state index is 12.5. The average molecular weight is 373 g/mol. The van der Waals surface area contributed by atoms with E-state index in [1.165, 1.54) is 19.9 Å². The summed E-state index contributed by atoms with van der Waals surface area (Å²) in [5, 5.41) is 18.5. The molecule has 0 aliphatic rings. The van der Waals surface area contributed by atoms with Gasteiger partial charge in [-0.25, -0.2) is 4.52 Å². The van der Waals surface area contributed by atoms with Crippen molar-refractivity contribution in [3.8, 4) is 5.75 Å². The molecule has 1 unspecified atom stereocenters. The van der Waals surface area contributed by atoms with Crippen molar-refractivity contribution in [1.82, 2.24) is 10.2 Å². The van der Waals surface area contributed by atoms with Gasteiger partial charge >= 0.3 is 20.1 Å². The normalized spacial score (nSPS) is 13.9. The first kappa shape index (κ1) is 21.0. The second-order valence-corrected chi connectivity index (χ2v) is 6.15. The van der Waals surface area contributed by atoms with Gasteiger partial charge in [-0.3, -0.25) is 9.59 Å². The van der Waals surface area contributed by atoms with Crippen LogP contribution in [0.1, 0.15) is 26.3 Å². The Hall–Kier alpha value is -2.06. The van der Waals surface area contributed by atoms with E-state index in [0.717, 1.165) is 4.78 Å². The number of esters is 1. The van der Waals surface area contributed by atoms with Crippen LogP contribution in [-0.2, 0) is 25.5 Å². The average Bonchev–Trinajstić information content (AvgIpc) is 2.59. The van der Waals surface area contributed by atoms with Crippen LogP contribution in [0.3, 0.4) is 0 Å². The number of carboxylic acids is 1. The first-order valence-electron chi connectivity index (χ1n) is 7.60. The molecule has 0 bridgehead atoms. The number of aliphatic hydroxyl groups is 1. The number of benzene rings is 1. The molecule has 0 aliphatic heterocycles. The molecule has 0 amide bonds. The first-order valence-corrected chi connectivity index (χ1v) is 8.73. The van der Waals surface area contributed by atoms with E-state index in [2.05, 4.69) is 5.43 Å². The van der Waals surface area contributed by atoms with Crippen LogP contribution in [0.2, 0.25) is 0 Å². The molecule has 1 aromatic rings. The molecule has 1 aromatic carbocycles. The van der Waals surface area contributed by atoms with Gasteiger partial charge in [-0.1, -0.05) is 18.2 Å². The molecule has 0 aromatic heterocycles. The number of ether oxygens (including phenoxy) is 1. The molecule has 0 radical (unpaired) electrons. The Bertz CT molecular complexity index is 626. The topological polar surface area (TPSA) is 125 Å². The summed E-state index contributed by atoms with van der Waals surface area (Å²) in [6, 6.07) is 4.19. The number of hydrogen-bond acceptors (Lipinski definition) is 7. The van der Waals surface area contributed by atoms with Crippen molar-refractivity contribution >= 4 is 20.1 Å². The molecule has 25 heavy (non-hydrogen) atoms. The minimum Gasteiger partial charge on any atom is -0.480 e. The highest BCUT2D eigenvalue weighted by Gasteiger charge is 2.42. The number of para-hydroxylation sites is 1. The standard InChI is InChI=1S/C15H21N2O7P/c1-4-23-15(21)10(2)16-17(11(3)14(19)20)25(22)24-13-8-6-5-7-12(13)9-18/h5-8,10-11,16,18H,4,9H2,1-3H3/p+1/t10-,11-/m0/s1. The van der Waals surface area contributed by atoms with Gasteiger partial charge in [0.2, 0.25) is 0 Å². The van der Waals surface area contributed by atoms with Gasteiger partial charge in [-0.15, -0.1) is 0 Å². The Morgan fingerprint density at radius 2 is 1.96 bits per heavy atom. The van der Waals surface area contributed by atoms with Crippen molar-refractivity contribution in [2.75, 3.05) is 6.61 Å². The molecule has 9 nitrogen and oxygen atoms in total. The minimum atomic E-state index is -2.71. The molecule has 10 heteroatoms. The number of nitrogens with zero attached hydrogens (tertiary/aromatic N) is 1. The number of rotatable bonds is 10. The number of hydrogen-bond donors (Lipinski definition) is 3. The number of carbonyl (C=O) groups is 2. The van der Waals surface area contributed by atoms with E-state index in [1.807, 2.05) is 0 Å². The fourth-order valence-corrected chi connectivity index (χ4v) is 2.86. The number of aliphatic hydroxyl groups excluding tert-OH is 1. The number of nitrogens with one attached hydrogen (secondary N) is 1. The van der Waals surface area contributed by atoms with E-state index in [4.69, 9.17) is 9.26 Å². The van der Waals surface area contributed by atoms with E-state index < -0.39 is 32.2 Å². The molecule has 0 saturated carbocycles. The number of aliphatic carboxylic acids is 1. The van der Waals surface area contributed by atoms with Gasteiger partial charge in [-0.2, -0.15) is 5.43 Å². The fourth-order valence-electron chi connectivity index (χ4n) is 1.77. The minimum absolute atomic E-state index is 0.152. The summed E-state index contributed by atoms with van der Waals surface area (Å²) in [7, 11) is -2.71. The molecule has 0 heterocycles. The number of carboxylic acid groups (broad SMARTS) is 1. The van der Waals surface area contributed by atoms with E-state index >= 15 is 0 Å². The van der Waals surface area contributed by atoms with Gasteiger partial charge in [0.15, 0.2) is 11.8 Å². The van der Waals surface area contributed by atoms with Crippen molar-refractivity contribution < 1.29 is 33.6 Å². The van der Waals surface area contributed by atoms with Gasteiger partial charge in [0.25, 0.3) is 0 Å². The van der Waals surface area contributed by atoms with Crippen LogP contribution in [0.15, 0.2) is 24.3 Å². The van der Waals surface area contributed by atoms with E-state index in [-0.39, 0.29) is 19.0 Å². The zero-order chi connectivity index (χ0) is 19.0. The quantitative estimate of drug-likeness (QED) is 0.317. The van der Waals surface area contributed by atoms with E-state index in [9.17, 15) is 24.4 Å². The summed E-state index contributed by atoms with van der Waals surface area (Å²) in [5.41, 5.74) is 2.94. The summed E-state index contributed by atoms with van der Waals surface area (Å²) < 4.78 is 23.5. The highest BCUT2D eigenvalue weighted by Crippen LogP contribution is 2.33. The Morgan fingerprint density at radius 3 is 2.52 bits per heavy atom. The van der Waals surface area contributed by atoms with Crippen molar-refractivity contribution in [1.29, 1.82) is 0 Å². The van der Waals surface area contributed by atoms with Crippen LogP contribution in [-0.4, -0.2) is 45.6 Å². The van der Waals surface area contributed by atoms with Gasteiger partial charge in [-0.05, 0) is 26.8 Å². The maximum Gasteiger partial charge on any atom is 0.682 e. The highest BCUT2D eigenvalue weighted by atomic mass is 31.1. The summed E-state index contributed by atoms with van der Waals surface area (Å²) in [4.78, 5) is 23.0. The smallest absolute Gasteiger partial charge is 0.480 e. The fraction of sp³-hybridized carbons (Fsp3) is 0.467. The lowest BCUT2D eigenvalue weighted by Crippen LogP contribution is -2.50. The second-order valence-electron chi connectivity index (χ2n) is 5.06. The van der Waals surface area contributed by atoms with Gasteiger partial charge in [0.1, 0.15) is 6.04 Å². The zero-order valence-electron chi connectivity index (χ0n) is 14.2. The molecule has 0 aliphatic carbocycles. The SMILES string of the molecule is CCOC(=O)[C@H](C)NN([C@@H](C)C(=O)O)[P+](=O)Oc1ccccc1CO. The Labute approximate surface area is 146 Å². The number of hydrazine groups is 1. The zero-order valence-corrected chi connectivity index (χ0v) is 15.1. The molecular formula is C15H22N2O7P+. The molecule has 138 valence electrons. The van der Waals surface area contributed by atoms with Crippen molar-refractivity contribution in [3.63, 3.8) is 0 Å². The Balaban J connectivity index is 2.97. The predicted molar refractivity (Wildman–Crippen MR) is 88.8 cm³/mol. The largest absolute Gasteiger partial charge is 0.682 e.